The lowest BCUT2D eigenvalue weighted by Crippen LogP contribution is -2.44. The van der Waals surface area contributed by atoms with Crippen LogP contribution in [0.2, 0.25) is 0 Å². The van der Waals surface area contributed by atoms with Gasteiger partial charge >= 0.3 is 5.97 Å². The lowest BCUT2D eigenvalue weighted by Gasteiger charge is -2.25. The average Bonchev–Trinajstić information content (AvgIpc) is 2.55. The minimum Gasteiger partial charge on any atom is -0.481 e. The Morgan fingerprint density at radius 3 is 2.43 bits per heavy atom. The summed E-state index contributed by atoms with van der Waals surface area (Å²) in [6.45, 7) is 1.47. The first-order valence-electron chi connectivity index (χ1n) is 7.08. The second-order valence-corrected chi connectivity index (χ2v) is 5.55. The molecule has 0 saturated heterocycles. The van der Waals surface area contributed by atoms with Gasteiger partial charge in [-0.05, 0) is 18.6 Å². The van der Waals surface area contributed by atoms with Gasteiger partial charge in [0, 0.05) is 31.4 Å². The number of hydrogen-bond donors (Lipinski definition) is 2. The van der Waals surface area contributed by atoms with E-state index in [1.54, 1.807) is 44.3 Å². The van der Waals surface area contributed by atoms with Crippen molar-refractivity contribution >= 4 is 11.9 Å². The molecule has 2 rings (SSSR count). The van der Waals surface area contributed by atoms with E-state index in [0.29, 0.717) is 5.56 Å². The van der Waals surface area contributed by atoms with E-state index in [2.05, 4.69) is 5.32 Å². The molecular weight excluding hydrogens is 296 g/mol. The summed E-state index contributed by atoms with van der Waals surface area (Å²) in [6, 6.07) is 11.4. The summed E-state index contributed by atoms with van der Waals surface area (Å²) >= 11 is 0. The monoisotopic (exact) mass is 314 g/mol. The van der Waals surface area contributed by atoms with Gasteiger partial charge in [0.2, 0.25) is 0 Å². The maximum Gasteiger partial charge on any atom is 0.315 e. The fourth-order valence-electron chi connectivity index (χ4n) is 2.16. The molecule has 0 spiro atoms. The molecule has 2 aromatic rings. The Morgan fingerprint density at radius 1 is 1.22 bits per heavy atom. The summed E-state index contributed by atoms with van der Waals surface area (Å²) in [6.07, 6.45) is 1.49. The van der Waals surface area contributed by atoms with Gasteiger partial charge in [-0.15, -0.1) is 0 Å². The molecule has 0 aliphatic carbocycles. The number of pyridine rings is 1. The molecule has 1 aromatic carbocycles. The van der Waals surface area contributed by atoms with Crippen molar-refractivity contribution in [3.05, 3.63) is 70.1 Å². The molecule has 1 amide bonds. The third-order valence-electron chi connectivity index (χ3n) is 3.85. The quantitative estimate of drug-likeness (QED) is 0.867. The Balaban J connectivity index is 2.19. The first kappa shape index (κ1) is 16.5. The zero-order chi connectivity index (χ0) is 17.0. The number of aryl methyl sites for hydroxylation is 1. The number of carboxylic acid groups (broad SMARTS) is 1. The lowest BCUT2D eigenvalue weighted by molar-refractivity contribution is -0.142. The minimum atomic E-state index is -1.25. The van der Waals surface area contributed by atoms with E-state index in [1.165, 1.54) is 22.9 Å². The Morgan fingerprint density at radius 2 is 1.87 bits per heavy atom. The highest BCUT2D eigenvalue weighted by molar-refractivity contribution is 5.94. The molecule has 1 atom stereocenters. The number of nitrogens with zero attached hydrogens (tertiary/aromatic N) is 1. The van der Waals surface area contributed by atoms with Crippen LogP contribution < -0.4 is 10.9 Å². The van der Waals surface area contributed by atoms with Crippen molar-refractivity contribution < 1.29 is 14.7 Å². The van der Waals surface area contributed by atoms with Crippen LogP contribution >= 0.6 is 0 Å². The molecule has 1 aromatic heterocycles. The summed E-state index contributed by atoms with van der Waals surface area (Å²) in [4.78, 5) is 35.4. The number of carboxylic acids is 1. The number of carbonyl (C=O) groups excluding carboxylic acids is 1. The second-order valence-electron chi connectivity index (χ2n) is 5.55. The number of hydrogen-bond acceptors (Lipinski definition) is 3. The van der Waals surface area contributed by atoms with Gasteiger partial charge in [0.1, 0.15) is 5.41 Å². The third-order valence-corrected chi connectivity index (χ3v) is 3.85. The molecule has 0 fully saturated rings. The number of aliphatic carboxylic acids is 1. The van der Waals surface area contributed by atoms with Crippen LogP contribution in [-0.2, 0) is 17.3 Å². The van der Waals surface area contributed by atoms with Crippen LogP contribution in [0.4, 0.5) is 0 Å². The number of benzene rings is 1. The number of amides is 1. The molecule has 120 valence electrons. The zero-order valence-electron chi connectivity index (χ0n) is 12.9. The van der Waals surface area contributed by atoms with E-state index in [9.17, 15) is 19.5 Å². The van der Waals surface area contributed by atoms with Gasteiger partial charge in [-0.3, -0.25) is 14.4 Å². The molecule has 1 heterocycles. The van der Waals surface area contributed by atoms with E-state index >= 15 is 0 Å². The smallest absolute Gasteiger partial charge is 0.315 e. The fraction of sp³-hybridized carbons (Fsp3) is 0.235. The van der Waals surface area contributed by atoms with Crippen LogP contribution in [0, 0.1) is 0 Å². The van der Waals surface area contributed by atoms with Gasteiger partial charge in [0.15, 0.2) is 0 Å². The Kier molecular flexibility index (Phi) is 4.64. The Hall–Kier alpha value is -2.89. The molecule has 2 N–H and O–H groups in total. The first-order valence-corrected chi connectivity index (χ1v) is 7.08. The standard InChI is InChI=1S/C17H18N2O4/c1-17(16(22)23,13-6-4-3-5-7-13)11-18-15(21)12-8-9-19(2)14(20)10-12/h3-10H,11H2,1-2H3,(H,18,21)(H,22,23). The molecule has 6 heteroatoms. The minimum absolute atomic E-state index is 0.0829. The summed E-state index contributed by atoms with van der Waals surface area (Å²) in [7, 11) is 1.58. The molecule has 0 aliphatic heterocycles. The molecule has 0 aliphatic rings. The Bertz CT molecular complexity index is 783. The Labute approximate surface area is 133 Å². The highest BCUT2D eigenvalue weighted by Gasteiger charge is 2.35. The van der Waals surface area contributed by atoms with Crippen molar-refractivity contribution in [3.8, 4) is 0 Å². The predicted octanol–water partition coefficient (Wildman–Crippen LogP) is 1.16. The summed E-state index contributed by atoms with van der Waals surface area (Å²) in [5.41, 5.74) is -0.760. The molecule has 6 nitrogen and oxygen atoms in total. The number of aromatic nitrogens is 1. The maximum atomic E-state index is 12.2. The van der Waals surface area contributed by atoms with Crippen LogP contribution in [0.5, 0.6) is 0 Å². The van der Waals surface area contributed by atoms with Gasteiger partial charge in [-0.25, -0.2) is 0 Å². The number of rotatable bonds is 5. The summed E-state index contributed by atoms with van der Waals surface area (Å²) in [5, 5.41) is 12.1. The highest BCUT2D eigenvalue weighted by atomic mass is 16.4. The molecule has 0 bridgehead atoms. The van der Waals surface area contributed by atoms with E-state index in [0.717, 1.165) is 0 Å². The van der Waals surface area contributed by atoms with Crippen LogP contribution in [0.15, 0.2) is 53.5 Å². The topological polar surface area (TPSA) is 88.4 Å². The molecule has 0 saturated carbocycles. The predicted molar refractivity (Wildman–Crippen MR) is 85.4 cm³/mol. The zero-order valence-corrected chi connectivity index (χ0v) is 12.9. The van der Waals surface area contributed by atoms with Crippen LogP contribution in [0.3, 0.4) is 0 Å². The largest absolute Gasteiger partial charge is 0.481 e. The first-order chi connectivity index (χ1) is 10.8. The van der Waals surface area contributed by atoms with Crippen LogP contribution in [0.1, 0.15) is 22.8 Å². The summed E-state index contributed by atoms with van der Waals surface area (Å²) in [5.74, 6) is -1.51. The second kappa shape index (κ2) is 6.48. The van der Waals surface area contributed by atoms with Crippen molar-refractivity contribution in [1.29, 1.82) is 0 Å². The normalized spacial score (nSPS) is 13.1. The van der Waals surface area contributed by atoms with E-state index in [4.69, 9.17) is 0 Å². The fourth-order valence-corrected chi connectivity index (χ4v) is 2.16. The van der Waals surface area contributed by atoms with E-state index in [-0.39, 0.29) is 17.7 Å². The number of nitrogens with one attached hydrogen (secondary N) is 1. The molecule has 0 radical (unpaired) electrons. The van der Waals surface area contributed by atoms with Gasteiger partial charge in [0.25, 0.3) is 11.5 Å². The van der Waals surface area contributed by atoms with Crippen LogP contribution in [-0.4, -0.2) is 28.1 Å². The SMILES string of the molecule is Cn1ccc(C(=O)NCC(C)(C(=O)O)c2ccccc2)cc1=O. The van der Waals surface area contributed by atoms with Gasteiger partial charge in [-0.1, -0.05) is 30.3 Å². The van der Waals surface area contributed by atoms with Crippen LogP contribution in [0.25, 0.3) is 0 Å². The molecule has 23 heavy (non-hydrogen) atoms. The van der Waals surface area contributed by atoms with Crippen molar-refractivity contribution in [3.63, 3.8) is 0 Å². The van der Waals surface area contributed by atoms with Crippen molar-refractivity contribution in [1.82, 2.24) is 9.88 Å². The number of carbonyl (C=O) groups is 2. The van der Waals surface area contributed by atoms with Gasteiger partial charge < -0.3 is 15.0 Å². The molecule has 1 unspecified atom stereocenters. The van der Waals surface area contributed by atoms with E-state index < -0.39 is 17.3 Å². The van der Waals surface area contributed by atoms with Gasteiger partial charge in [0.05, 0.1) is 0 Å². The lowest BCUT2D eigenvalue weighted by atomic mass is 9.82. The van der Waals surface area contributed by atoms with Crippen molar-refractivity contribution in [2.45, 2.75) is 12.3 Å². The van der Waals surface area contributed by atoms with Gasteiger partial charge in [-0.2, -0.15) is 0 Å². The molecular formula is C17H18N2O4. The average molecular weight is 314 g/mol. The van der Waals surface area contributed by atoms with Crippen molar-refractivity contribution in [2.24, 2.45) is 7.05 Å². The van der Waals surface area contributed by atoms with Crippen molar-refractivity contribution in [2.75, 3.05) is 6.54 Å². The van der Waals surface area contributed by atoms with E-state index in [1.807, 2.05) is 0 Å². The summed E-state index contributed by atoms with van der Waals surface area (Å²) < 4.78 is 1.35. The highest BCUT2D eigenvalue weighted by Crippen LogP contribution is 2.23. The maximum absolute atomic E-state index is 12.2. The third kappa shape index (κ3) is 3.48.